The molecule has 1 aromatic carbocycles. The molecule has 59 valence electrons. The van der Waals surface area contributed by atoms with Gasteiger partial charge in [-0.05, 0) is 18.2 Å². The molecule has 0 heterocycles. The maximum absolute atomic E-state index is 12.8. The Kier molecular flexibility index (Phi) is 2.38. The van der Waals surface area contributed by atoms with Gasteiger partial charge in [0.25, 0.3) is 5.91 Å². The topological polar surface area (TPSA) is 52.9 Å². The van der Waals surface area contributed by atoms with Crippen molar-refractivity contribution in [1.29, 1.82) is 5.26 Å². The lowest BCUT2D eigenvalue weighted by Gasteiger charge is -1.97. The fourth-order valence-electron chi connectivity index (χ4n) is 0.704. The van der Waals surface area contributed by atoms with Crippen molar-refractivity contribution in [2.75, 3.05) is 0 Å². The van der Waals surface area contributed by atoms with E-state index in [1.807, 2.05) is 5.32 Å². The van der Waals surface area contributed by atoms with Gasteiger partial charge in [0.05, 0.1) is 5.56 Å². The lowest BCUT2D eigenvalue weighted by atomic mass is 10.2. The Morgan fingerprint density at radius 1 is 1.75 bits per heavy atom. The number of hydrogen-bond acceptors (Lipinski definition) is 2. The molecular weight excluding hydrogens is 159 g/mol. The molecule has 0 aromatic heterocycles. The Hall–Kier alpha value is -1.89. The average Bonchev–Trinajstić information content (AvgIpc) is 2.05. The lowest BCUT2D eigenvalue weighted by molar-refractivity contribution is 0.0969. The van der Waals surface area contributed by atoms with Crippen LogP contribution >= 0.6 is 0 Å². The van der Waals surface area contributed by atoms with E-state index in [9.17, 15) is 9.18 Å². The smallest absolute Gasteiger partial charge is 0.267 e. The fourth-order valence-corrected chi connectivity index (χ4v) is 0.704. The molecule has 1 N–H and O–H groups in total. The van der Waals surface area contributed by atoms with E-state index in [0.717, 1.165) is 6.07 Å². The van der Waals surface area contributed by atoms with E-state index in [2.05, 4.69) is 6.07 Å². The first kappa shape index (κ1) is 8.21. The third-order valence-corrected chi connectivity index (χ3v) is 1.22. The summed E-state index contributed by atoms with van der Waals surface area (Å²) in [5.41, 5.74) is -0.181. The van der Waals surface area contributed by atoms with Crippen LogP contribution in [-0.2, 0) is 0 Å². The number of nitriles is 1. The Morgan fingerprint density at radius 3 is 3.08 bits per heavy atom. The normalized spacial score (nSPS) is 8.67. The zero-order valence-electron chi connectivity index (χ0n) is 5.97. The molecule has 1 rings (SSSR count). The van der Waals surface area contributed by atoms with Crippen molar-refractivity contribution < 1.29 is 9.18 Å². The Bertz CT molecular complexity index is 343. The zero-order valence-corrected chi connectivity index (χ0v) is 5.97. The number of benzene rings is 1. The van der Waals surface area contributed by atoms with Crippen LogP contribution in [0.5, 0.6) is 0 Å². The molecule has 1 amide bonds. The van der Waals surface area contributed by atoms with Crippen LogP contribution in [-0.4, -0.2) is 5.91 Å². The van der Waals surface area contributed by atoms with Crippen molar-refractivity contribution in [2.24, 2.45) is 0 Å². The molecule has 12 heavy (non-hydrogen) atoms. The second-order valence-corrected chi connectivity index (χ2v) is 1.97. The molecule has 0 aliphatic carbocycles. The number of rotatable bonds is 1. The first-order chi connectivity index (χ1) is 5.75. The highest BCUT2D eigenvalue weighted by atomic mass is 19.1. The van der Waals surface area contributed by atoms with Crippen molar-refractivity contribution in [3.05, 3.63) is 35.6 Å². The van der Waals surface area contributed by atoms with Gasteiger partial charge in [-0.15, -0.1) is 0 Å². The molecule has 0 saturated carbocycles. The van der Waals surface area contributed by atoms with Crippen LogP contribution in [0.1, 0.15) is 10.4 Å². The molecule has 0 spiro atoms. The first-order valence-electron chi connectivity index (χ1n) is 3.10. The molecule has 0 saturated heterocycles. The molecule has 0 fully saturated rings. The monoisotopic (exact) mass is 163 g/mol. The summed E-state index contributed by atoms with van der Waals surface area (Å²) >= 11 is 0. The predicted octanol–water partition coefficient (Wildman–Crippen LogP) is 0.837. The first-order valence-corrected chi connectivity index (χ1v) is 3.10. The van der Waals surface area contributed by atoms with Gasteiger partial charge in [0.15, 0.2) is 6.19 Å². The van der Waals surface area contributed by atoms with E-state index in [1.54, 1.807) is 0 Å². The van der Waals surface area contributed by atoms with E-state index in [1.165, 1.54) is 18.3 Å². The molecule has 0 unspecified atom stereocenters. The van der Waals surface area contributed by atoms with Crippen molar-refractivity contribution in [3.8, 4) is 6.19 Å². The Labute approximate surface area is 68.4 Å². The van der Waals surface area contributed by atoms with Gasteiger partial charge in [0.1, 0.15) is 5.82 Å². The average molecular weight is 163 g/mol. The number of amides is 1. The number of halogens is 1. The number of hydrogen-bond donors (Lipinski definition) is 1. The maximum atomic E-state index is 12.8. The molecule has 0 aliphatic heterocycles. The second-order valence-electron chi connectivity index (χ2n) is 1.97. The van der Waals surface area contributed by atoms with Crippen molar-refractivity contribution in [1.82, 2.24) is 5.32 Å². The van der Waals surface area contributed by atoms with Gasteiger partial charge in [-0.25, -0.2) is 4.39 Å². The number of carbonyl (C=O) groups excluding carboxylic acids is 1. The van der Waals surface area contributed by atoms with Gasteiger partial charge < -0.3 is 0 Å². The summed E-state index contributed by atoms with van der Waals surface area (Å²) in [6, 6.07) is 6.16. The standard InChI is InChI=1S/C8H4FN2O/c9-7-4-2-1-3-6(7)8(12)11-5-10/h2-4H,(H,11,12). The van der Waals surface area contributed by atoms with Crippen LogP contribution in [0.4, 0.5) is 4.39 Å². The molecule has 0 aliphatic rings. The summed E-state index contributed by atoms with van der Waals surface area (Å²) in [7, 11) is 0. The van der Waals surface area contributed by atoms with Crippen molar-refractivity contribution >= 4 is 5.91 Å². The predicted molar refractivity (Wildman–Crippen MR) is 38.3 cm³/mol. The van der Waals surface area contributed by atoms with Crippen LogP contribution in [0.3, 0.4) is 0 Å². The van der Waals surface area contributed by atoms with E-state index >= 15 is 0 Å². The summed E-state index contributed by atoms with van der Waals surface area (Å²) < 4.78 is 12.8. The number of nitrogens with zero attached hydrogens (tertiary/aromatic N) is 1. The summed E-state index contributed by atoms with van der Waals surface area (Å²) in [6.45, 7) is 0. The van der Waals surface area contributed by atoms with E-state index < -0.39 is 11.7 Å². The van der Waals surface area contributed by atoms with Crippen LogP contribution in [0, 0.1) is 23.3 Å². The molecular formula is C8H4FN2O. The lowest BCUT2D eigenvalue weighted by Crippen LogP contribution is -2.18. The summed E-state index contributed by atoms with van der Waals surface area (Å²) in [4.78, 5) is 10.9. The third kappa shape index (κ3) is 1.58. The van der Waals surface area contributed by atoms with Crippen LogP contribution in [0.25, 0.3) is 0 Å². The largest absolute Gasteiger partial charge is 0.268 e. The van der Waals surface area contributed by atoms with E-state index in [4.69, 9.17) is 5.26 Å². The minimum Gasteiger partial charge on any atom is -0.268 e. The Balaban J connectivity index is 2.97. The molecule has 0 bridgehead atoms. The van der Waals surface area contributed by atoms with Crippen LogP contribution < -0.4 is 5.32 Å². The van der Waals surface area contributed by atoms with Gasteiger partial charge in [-0.2, -0.15) is 5.26 Å². The highest BCUT2D eigenvalue weighted by Crippen LogP contribution is 2.04. The third-order valence-electron chi connectivity index (χ3n) is 1.22. The quantitative estimate of drug-likeness (QED) is 0.492. The molecule has 3 nitrogen and oxygen atoms in total. The fraction of sp³-hybridized carbons (Fsp3) is 0. The molecule has 1 aromatic rings. The summed E-state index contributed by atoms with van der Waals surface area (Å²) in [6.07, 6.45) is 1.41. The van der Waals surface area contributed by atoms with Gasteiger partial charge in [-0.1, -0.05) is 6.07 Å². The maximum Gasteiger partial charge on any atom is 0.267 e. The van der Waals surface area contributed by atoms with Gasteiger partial charge >= 0.3 is 0 Å². The van der Waals surface area contributed by atoms with Gasteiger partial charge in [0, 0.05) is 0 Å². The molecule has 1 radical (unpaired) electrons. The summed E-state index contributed by atoms with van der Waals surface area (Å²) in [5.74, 6) is -1.42. The SMILES string of the molecule is N#CNC(=O)c1c[c]ccc1F. The highest BCUT2D eigenvalue weighted by molar-refractivity contribution is 5.95. The number of carbonyl (C=O) groups is 1. The van der Waals surface area contributed by atoms with Crippen molar-refractivity contribution in [2.45, 2.75) is 0 Å². The summed E-state index contributed by atoms with van der Waals surface area (Å²) in [5, 5.41) is 9.88. The van der Waals surface area contributed by atoms with Crippen LogP contribution in [0.15, 0.2) is 18.2 Å². The minimum absolute atomic E-state index is 0.181. The highest BCUT2D eigenvalue weighted by Gasteiger charge is 2.08. The molecule has 0 atom stereocenters. The zero-order chi connectivity index (χ0) is 8.97. The minimum atomic E-state index is -0.758. The van der Waals surface area contributed by atoms with Gasteiger partial charge in [-0.3, -0.25) is 10.1 Å². The van der Waals surface area contributed by atoms with Crippen molar-refractivity contribution in [3.63, 3.8) is 0 Å². The second kappa shape index (κ2) is 3.49. The number of nitrogens with one attached hydrogen (secondary N) is 1. The van der Waals surface area contributed by atoms with Gasteiger partial charge in [0.2, 0.25) is 0 Å². The Morgan fingerprint density at radius 2 is 2.50 bits per heavy atom. The van der Waals surface area contributed by atoms with E-state index in [0.29, 0.717) is 0 Å². The van der Waals surface area contributed by atoms with Crippen LogP contribution in [0.2, 0.25) is 0 Å². The molecule has 4 heteroatoms. The van der Waals surface area contributed by atoms with E-state index in [-0.39, 0.29) is 5.56 Å².